The van der Waals surface area contributed by atoms with Gasteiger partial charge in [0, 0.05) is 23.4 Å². The molecule has 0 aliphatic carbocycles. The number of rotatable bonds is 6. The summed E-state index contributed by atoms with van der Waals surface area (Å²) in [5.41, 5.74) is -0.406. The van der Waals surface area contributed by atoms with E-state index in [-0.39, 0.29) is 12.1 Å². The van der Waals surface area contributed by atoms with Crippen molar-refractivity contribution in [1.82, 2.24) is 10.1 Å². The first kappa shape index (κ1) is 19.9. The third-order valence-corrected chi connectivity index (χ3v) is 4.12. The fraction of sp³-hybridized carbons (Fsp3) is 0.211. The van der Waals surface area contributed by atoms with E-state index in [0.29, 0.717) is 29.6 Å². The lowest BCUT2D eigenvalue weighted by Gasteiger charge is -2.13. The Bertz CT molecular complexity index is 956. The van der Waals surface area contributed by atoms with Gasteiger partial charge in [0.05, 0.1) is 11.3 Å². The van der Waals surface area contributed by atoms with Crippen LogP contribution in [0.4, 0.5) is 18.9 Å². The van der Waals surface area contributed by atoms with Gasteiger partial charge in [-0.15, -0.1) is 0 Å². The summed E-state index contributed by atoms with van der Waals surface area (Å²) in [7, 11) is 0. The quantitative estimate of drug-likeness (QED) is 0.594. The molecule has 2 aromatic carbocycles. The van der Waals surface area contributed by atoms with Crippen LogP contribution < -0.4 is 5.32 Å². The van der Waals surface area contributed by atoms with Crippen LogP contribution in [0.3, 0.4) is 0 Å². The summed E-state index contributed by atoms with van der Waals surface area (Å²) < 4.78 is 44.0. The Balaban J connectivity index is 1.53. The van der Waals surface area contributed by atoms with Crippen LogP contribution in [0.2, 0.25) is 5.02 Å². The highest BCUT2D eigenvalue weighted by Crippen LogP contribution is 2.34. The maximum Gasteiger partial charge on any atom is 0.418 e. The normalized spacial score (nSPS) is 11.4. The number of aromatic nitrogens is 2. The highest BCUT2D eigenvalue weighted by molar-refractivity contribution is 6.30. The number of para-hydroxylation sites is 1. The van der Waals surface area contributed by atoms with Crippen LogP contribution in [-0.4, -0.2) is 16.0 Å². The van der Waals surface area contributed by atoms with Crippen LogP contribution in [0.5, 0.6) is 0 Å². The molecule has 3 rings (SSSR count). The van der Waals surface area contributed by atoms with E-state index in [9.17, 15) is 18.0 Å². The number of carbonyl (C=O) groups excluding carboxylic acids is 1. The van der Waals surface area contributed by atoms with Crippen LogP contribution in [-0.2, 0) is 17.4 Å². The van der Waals surface area contributed by atoms with E-state index in [1.807, 2.05) is 0 Å². The molecular weight excluding hydrogens is 395 g/mol. The van der Waals surface area contributed by atoms with Gasteiger partial charge in [-0.25, -0.2) is 0 Å². The molecule has 0 aliphatic heterocycles. The standard InChI is InChI=1S/C19H15ClF3N3O2/c20-13-10-8-12(9-11-13)18-25-17(28-26-18)7-3-6-16(27)24-15-5-2-1-4-14(15)19(21,22)23/h1-2,4-5,8-11H,3,6-7H2,(H,24,27). The number of carbonyl (C=O) groups is 1. The topological polar surface area (TPSA) is 68.0 Å². The molecule has 0 bridgehead atoms. The van der Waals surface area contributed by atoms with E-state index in [0.717, 1.165) is 11.6 Å². The van der Waals surface area contributed by atoms with E-state index < -0.39 is 17.6 Å². The summed E-state index contributed by atoms with van der Waals surface area (Å²) in [6.07, 6.45) is -3.84. The first-order chi connectivity index (χ1) is 13.3. The van der Waals surface area contributed by atoms with Crippen molar-refractivity contribution in [3.8, 4) is 11.4 Å². The Morgan fingerprint density at radius 1 is 1.11 bits per heavy atom. The van der Waals surface area contributed by atoms with E-state index in [2.05, 4.69) is 15.5 Å². The van der Waals surface area contributed by atoms with Gasteiger partial charge in [0.1, 0.15) is 0 Å². The van der Waals surface area contributed by atoms with Gasteiger partial charge in [0.25, 0.3) is 0 Å². The van der Waals surface area contributed by atoms with Crippen LogP contribution in [0, 0.1) is 0 Å². The lowest BCUT2D eigenvalue weighted by Crippen LogP contribution is -2.16. The molecule has 5 nitrogen and oxygen atoms in total. The van der Waals surface area contributed by atoms with Crippen molar-refractivity contribution >= 4 is 23.2 Å². The smallest absolute Gasteiger partial charge is 0.339 e. The lowest BCUT2D eigenvalue weighted by molar-refractivity contribution is -0.137. The Hall–Kier alpha value is -2.87. The van der Waals surface area contributed by atoms with Gasteiger partial charge in [-0.05, 0) is 42.8 Å². The third-order valence-electron chi connectivity index (χ3n) is 3.87. The van der Waals surface area contributed by atoms with E-state index in [4.69, 9.17) is 16.1 Å². The van der Waals surface area contributed by atoms with Gasteiger partial charge >= 0.3 is 6.18 Å². The van der Waals surface area contributed by atoms with Crippen molar-refractivity contribution < 1.29 is 22.5 Å². The highest BCUT2D eigenvalue weighted by atomic mass is 35.5. The van der Waals surface area contributed by atoms with Crippen molar-refractivity contribution in [3.05, 3.63) is 65.0 Å². The molecule has 1 heterocycles. The van der Waals surface area contributed by atoms with Crippen LogP contribution in [0.1, 0.15) is 24.3 Å². The zero-order chi connectivity index (χ0) is 20.1. The third kappa shape index (κ3) is 5.10. The minimum absolute atomic E-state index is 0.0187. The predicted molar refractivity (Wildman–Crippen MR) is 97.8 cm³/mol. The number of hydrogen-bond acceptors (Lipinski definition) is 4. The van der Waals surface area contributed by atoms with Crippen molar-refractivity contribution in [2.24, 2.45) is 0 Å². The van der Waals surface area contributed by atoms with Crippen LogP contribution in [0.15, 0.2) is 53.1 Å². The van der Waals surface area contributed by atoms with Crippen molar-refractivity contribution in [1.29, 1.82) is 0 Å². The Morgan fingerprint density at radius 3 is 2.54 bits per heavy atom. The van der Waals surface area contributed by atoms with Crippen LogP contribution in [0.25, 0.3) is 11.4 Å². The summed E-state index contributed by atoms with van der Waals surface area (Å²) in [4.78, 5) is 16.2. The number of alkyl halides is 3. The van der Waals surface area contributed by atoms with E-state index in [1.165, 1.54) is 18.2 Å². The number of hydrogen-bond donors (Lipinski definition) is 1. The second-order valence-corrected chi connectivity index (χ2v) is 6.40. The molecule has 1 aromatic heterocycles. The summed E-state index contributed by atoms with van der Waals surface area (Å²) in [6.45, 7) is 0. The molecule has 0 unspecified atom stereocenters. The second-order valence-electron chi connectivity index (χ2n) is 5.96. The number of anilines is 1. The predicted octanol–water partition coefficient (Wildman–Crippen LogP) is 5.37. The summed E-state index contributed by atoms with van der Waals surface area (Å²) in [5.74, 6) is 0.220. The van der Waals surface area contributed by atoms with Gasteiger partial charge in [-0.3, -0.25) is 4.79 Å². The molecule has 3 aromatic rings. The zero-order valence-corrected chi connectivity index (χ0v) is 15.2. The molecule has 0 atom stereocenters. The summed E-state index contributed by atoms with van der Waals surface area (Å²) in [5, 5.41) is 6.76. The fourth-order valence-corrected chi connectivity index (χ4v) is 2.65. The molecule has 0 saturated heterocycles. The first-order valence-corrected chi connectivity index (χ1v) is 8.75. The number of amides is 1. The Morgan fingerprint density at radius 2 is 1.82 bits per heavy atom. The van der Waals surface area contributed by atoms with E-state index >= 15 is 0 Å². The molecule has 0 fully saturated rings. The minimum Gasteiger partial charge on any atom is -0.339 e. The molecule has 1 amide bonds. The number of nitrogens with one attached hydrogen (secondary N) is 1. The average Bonchev–Trinajstić information content (AvgIpc) is 3.11. The SMILES string of the molecule is O=C(CCCc1nc(-c2ccc(Cl)cc2)no1)Nc1ccccc1C(F)(F)F. The fourth-order valence-electron chi connectivity index (χ4n) is 2.52. The minimum atomic E-state index is -4.54. The van der Waals surface area contributed by atoms with Gasteiger partial charge in [-0.1, -0.05) is 28.9 Å². The molecule has 28 heavy (non-hydrogen) atoms. The molecule has 0 radical (unpaired) electrons. The number of halogens is 4. The van der Waals surface area contributed by atoms with Gasteiger partial charge < -0.3 is 9.84 Å². The molecule has 146 valence electrons. The molecule has 1 N–H and O–H groups in total. The second kappa shape index (κ2) is 8.43. The molecule has 0 spiro atoms. The first-order valence-electron chi connectivity index (χ1n) is 8.37. The van der Waals surface area contributed by atoms with Crippen molar-refractivity contribution in [3.63, 3.8) is 0 Å². The highest BCUT2D eigenvalue weighted by Gasteiger charge is 2.33. The molecule has 9 heteroatoms. The van der Waals surface area contributed by atoms with Crippen molar-refractivity contribution in [2.45, 2.75) is 25.4 Å². The van der Waals surface area contributed by atoms with Crippen LogP contribution >= 0.6 is 11.6 Å². The molecule has 0 aliphatic rings. The number of nitrogens with zero attached hydrogens (tertiary/aromatic N) is 2. The largest absolute Gasteiger partial charge is 0.418 e. The maximum absolute atomic E-state index is 13.0. The summed E-state index contributed by atoms with van der Waals surface area (Å²) >= 11 is 5.83. The maximum atomic E-state index is 13.0. The van der Waals surface area contributed by atoms with Gasteiger partial charge in [0.2, 0.25) is 17.6 Å². The monoisotopic (exact) mass is 409 g/mol. The Labute approximate surface area is 163 Å². The Kier molecular flexibility index (Phi) is 5.99. The van der Waals surface area contributed by atoms with Gasteiger partial charge in [-0.2, -0.15) is 18.2 Å². The molecule has 0 saturated carbocycles. The number of aryl methyl sites for hydroxylation is 1. The average molecular weight is 410 g/mol. The number of benzene rings is 2. The van der Waals surface area contributed by atoms with E-state index in [1.54, 1.807) is 24.3 Å². The van der Waals surface area contributed by atoms with Gasteiger partial charge in [0.15, 0.2) is 0 Å². The zero-order valence-electron chi connectivity index (χ0n) is 14.5. The molecular formula is C19H15ClF3N3O2. The lowest BCUT2D eigenvalue weighted by atomic mass is 10.1. The summed E-state index contributed by atoms with van der Waals surface area (Å²) in [6, 6.07) is 11.8. The van der Waals surface area contributed by atoms with Crippen molar-refractivity contribution in [2.75, 3.05) is 5.32 Å².